The quantitative estimate of drug-likeness (QED) is 0.869. The van der Waals surface area contributed by atoms with Gasteiger partial charge in [0.25, 0.3) is 5.91 Å². The summed E-state index contributed by atoms with van der Waals surface area (Å²) in [5, 5.41) is 0. The van der Waals surface area contributed by atoms with Crippen molar-refractivity contribution >= 4 is 23.3 Å². The Bertz CT molecular complexity index is 894. The molecule has 0 aromatic carbocycles. The molecule has 1 saturated heterocycles. The minimum Gasteiger partial charge on any atom is -0.323 e. The lowest BCUT2D eigenvalue weighted by atomic mass is 10.0. The number of pyridine rings is 1. The highest BCUT2D eigenvalue weighted by Crippen LogP contribution is 2.43. The monoisotopic (exact) mass is 341 g/mol. The van der Waals surface area contributed by atoms with Crippen LogP contribution in [-0.4, -0.2) is 38.8 Å². The number of hydrogen-bond acceptors (Lipinski definition) is 4. The summed E-state index contributed by atoms with van der Waals surface area (Å²) in [4.78, 5) is 32.7. The van der Waals surface area contributed by atoms with Gasteiger partial charge in [0.1, 0.15) is 5.54 Å². The summed E-state index contributed by atoms with van der Waals surface area (Å²) in [5.74, 6) is 0.296. The molecule has 0 unspecified atom stereocenters. The van der Waals surface area contributed by atoms with Gasteiger partial charge in [0.05, 0.1) is 11.4 Å². The summed E-state index contributed by atoms with van der Waals surface area (Å²) in [7, 11) is 1.52. The molecule has 0 spiro atoms. The van der Waals surface area contributed by atoms with Crippen molar-refractivity contribution in [3.63, 3.8) is 0 Å². The van der Waals surface area contributed by atoms with Crippen LogP contribution in [0.1, 0.15) is 56.8 Å². The van der Waals surface area contributed by atoms with Gasteiger partial charge in [-0.25, -0.2) is 9.78 Å². The van der Waals surface area contributed by atoms with Crippen LogP contribution in [0.4, 0.5) is 10.5 Å². The molecule has 7 heteroatoms. The topological polar surface area (TPSA) is 83.9 Å². The molecule has 25 heavy (non-hydrogen) atoms. The van der Waals surface area contributed by atoms with Gasteiger partial charge in [-0.1, -0.05) is 0 Å². The molecule has 1 aliphatic carbocycles. The van der Waals surface area contributed by atoms with Crippen molar-refractivity contribution in [1.29, 1.82) is 0 Å². The van der Waals surface area contributed by atoms with Crippen LogP contribution < -0.4 is 10.6 Å². The Hall–Kier alpha value is -2.41. The van der Waals surface area contributed by atoms with Crippen LogP contribution >= 0.6 is 0 Å². The second-order valence-electron chi connectivity index (χ2n) is 7.66. The Labute approximate surface area is 146 Å². The molecule has 2 fully saturated rings. The molecule has 1 atom stereocenters. The Balaban J connectivity index is 1.96. The van der Waals surface area contributed by atoms with E-state index in [0.29, 0.717) is 17.3 Å². The van der Waals surface area contributed by atoms with Crippen molar-refractivity contribution in [3.8, 4) is 0 Å². The molecule has 4 rings (SSSR count). The fourth-order valence-electron chi connectivity index (χ4n) is 3.53. The number of imide groups is 1. The van der Waals surface area contributed by atoms with Crippen molar-refractivity contribution in [3.05, 3.63) is 29.7 Å². The van der Waals surface area contributed by atoms with E-state index in [1.807, 2.05) is 23.6 Å². The average molecular weight is 341 g/mol. The molecule has 2 aromatic rings. The van der Waals surface area contributed by atoms with E-state index in [4.69, 9.17) is 5.73 Å². The first-order valence-corrected chi connectivity index (χ1v) is 8.62. The predicted octanol–water partition coefficient (Wildman–Crippen LogP) is 2.41. The number of anilines is 1. The predicted molar refractivity (Wildman–Crippen MR) is 94.5 cm³/mol. The third-order valence-corrected chi connectivity index (χ3v) is 5.19. The third-order valence-electron chi connectivity index (χ3n) is 5.19. The summed E-state index contributed by atoms with van der Waals surface area (Å²) >= 11 is 0. The second-order valence-corrected chi connectivity index (χ2v) is 7.66. The maximum Gasteiger partial charge on any atom is 0.332 e. The lowest BCUT2D eigenvalue weighted by molar-refractivity contribution is -0.128. The molecule has 3 amide bonds. The van der Waals surface area contributed by atoms with E-state index in [9.17, 15) is 9.59 Å². The third kappa shape index (κ3) is 2.26. The van der Waals surface area contributed by atoms with Crippen LogP contribution in [0.25, 0.3) is 5.65 Å². The number of aromatic nitrogens is 2. The van der Waals surface area contributed by atoms with Gasteiger partial charge in [-0.15, -0.1) is 0 Å². The molecule has 1 aliphatic heterocycles. The summed E-state index contributed by atoms with van der Waals surface area (Å²) in [6, 6.07) is 1.48. The maximum absolute atomic E-state index is 12.8. The van der Waals surface area contributed by atoms with Gasteiger partial charge < -0.3 is 10.1 Å². The van der Waals surface area contributed by atoms with Crippen molar-refractivity contribution < 1.29 is 9.59 Å². The zero-order chi connectivity index (χ0) is 18.1. The molecule has 1 saturated carbocycles. The van der Waals surface area contributed by atoms with Crippen LogP contribution in [0, 0.1) is 0 Å². The minimum absolute atomic E-state index is 0.205. The number of fused-ring (bicyclic) bond motifs is 1. The number of amides is 3. The molecule has 7 nitrogen and oxygen atoms in total. The minimum atomic E-state index is -0.949. The van der Waals surface area contributed by atoms with E-state index in [0.717, 1.165) is 18.5 Å². The number of likely N-dealkylation sites (N-methyl/N-ethyl adjacent to an activating group) is 1. The second kappa shape index (κ2) is 5.05. The highest BCUT2D eigenvalue weighted by atomic mass is 16.2. The van der Waals surface area contributed by atoms with E-state index in [2.05, 4.69) is 11.2 Å². The van der Waals surface area contributed by atoms with Gasteiger partial charge in [0.15, 0.2) is 5.65 Å². The number of hydrogen-bond donors (Lipinski definition) is 1. The molecule has 2 aliphatic rings. The number of nitrogens with zero attached hydrogens (tertiary/aromatic N) is 4. The van der Waals surface area contributed by atoms with Crippen LogP contribution in [0.3, 0.4) is 0 Å². The lowest BCUT2D eigenvalue weighted by Gasteiger charge is -2.28. The summed E-state index contributed by atoms with van der Waals surface area (Å²) in [6.07, 6.45) is 6.27. The standard InChI is InChI=1S/C18H23N5O2/c1-10(19)13-9-22-8-12(11-5-6-11)7-14(15(22)20-13)23-17(25)21(4)16(24)18(23,2)3/h7-11H,5-6,19H2,1-4H3/t10-/m1/s1. The summed E-state index contributed by atoms with van der Waals surface area (Å²) < 4.78 is 1.94. The Kier molecular flexibility index (Phi) is 3.25. The molecule has 132 valence electrons. The van der Waals surface area contributed by atoms with Crippen molar-refractivity contribution in [2.45, 2.75) is 51.1 Å². The molecule has 0 bridgehead atoms. The zero-order valence-electron chi connectivity index (χ0n) is 15.0. The average Bonchev–Trinajstić information content (AvgIpc) is 3.28. The SMILES string of the molecule is C[C@@H](N)c1cn2cc(C3CC3)cc(N3C(=O)N(C)C(=O)C3(C)C)c2n1. The van der Waals surface area contributed by atoms with Crippen LogP contribution in [0.5, 0.6) is 0 Å². The fourth-order valence-corrected chi connectivity index (χ4v) is 3.53. The van der Waals surface area contributed by atoms with Crippen LogP contribution in [0.2, 0.25) is 0 Å². The van der Waals surface area contributed by atoms with Gasteiger partial charge in [0, 0.05) is 25.5 Å². The number of carbonyl (C=O) groups excluding carboxylic acids is 2. The Morgan fingerprint density at radius 3 is 2.48 bits per heavy atom. The number of imidazole rings is 1. The first-order valence-electron chi connectivity index (χ1n) is 8.62. The van der Waals surface area contributed by atoms with Crippen molar-refractivity contribution in [2.75, 3.05) is 11.9 Å². The van der Waals surface area contributed by atoms with Gasteiger partial charge in [-0.05, 0) is 51.2 Å². The Morgan fingerprint density at radius 1 is 1.28 bits per heavy atom. The van der Waals surface area contributed by atoms with E-state index in [1.165, 1.54) is 17.5 Å². The molecule has 3 heterocycles. The zero-order valence-corrected chi connectivity index (χ0v) is 15.0. The fraction of sp³-hybridized carbons (Fsp3) is 0.500. The highest BCUT2D eigenvalue weighted by Gasteiger charge is 2.51. The highest BCUT2D eigenvalue weighted by molar-refractivity contribution is 6.17. The largest absolute Gasteiger partial charge is 0.332 e. The molecule has 2 aromatic heterocycles. The summed E-state index contributed by atoms with van der Waals surface area (Å²) in [6.45, 7) is 5.42. The number of nitrogens with two attached hydrogens (primary N) is 1. The first-order chi connectivity index (χ1) is 11.7. The van der Waals surface area contributed by atoms with Crippen molar-refractivity contribution in [1.82, 2.24) is 14.3 Å². The first kappa shape index (κ1) is 16.1. The number of rotatable bonds is 3. The smallest absolute Gasteiger partial charge is 0.323 e. The molecule has 2 N–H and O–H groups in total. The molecular weight excluding hydrogens is 318 g/mol. The van der Waals surface area contributed by atoms with E-state index >= 15 is 0 Å². The number of urea groups is 1. The number of carbonyl (C=O) groups is 2. The Morgan fingerprint density at radius 2 is 1.96 bits per heavy atom. The van der Waals surface area contributed by atoms with E-state index < -0.39 is 5.54 Å². The van der Waals surface area contributed by atoms with Crippen LogP contribution in [-0.2, 0) is 4.79 Å². The normalized spacial score (nSPS) is 21.5. The molecule has 0 radical (unpaired) electrons. The summed E-state index contributed by atoms with van der Waals surface area (Å²) in [5.41, 5.74) is 8.30. The van der Waals surface area contributed by atoms with Crippen molar-refractivity contribution in [2.24, 2.45) is 5.73 Å². The maximum atomic E-state index is 12.8. The van der Waals surface area contributed by atoms with Gasteiger partial charge in [-0.2, -0.15) is 0 Å². The lowest BCUT2D eigenvalue weighted by Crippen LogP contribution is -2.44. The van der Waals surface area contributed by atoms with Gasteiger partial charge >= 0.3 is 6.03 Å². The molecular formula is C18H23N5O2. The van der Waals surface area contributed by atoms with Gasteiger partial charge in [-0.3, -0.25) is 14.6 Å². The van der Waals surface area contributed by atoms with E-state index in [-0.39, 0.29) is 18.0 Å². The van der Waals surface area contributed by atoms with Gasteiger partial charge in [0.2, 0.25) is 0 Å². The van der Waals surface area contributed by atoms with Crippen LogP contribution in [0.15, 0.2) is 18.5 Å². The van der Waals surface area contributed by atoms with E-state index in [1.54, 1.807) is 18.7 Å².